The van der Waals surface area contributed by atoms with Crippen molar-refractivity contribution in [3.8, 4) is 22.7 Å². The van der Waals surface area contributed by atoms with E-state index in [9.17, 15) is 19.2 Å². The molecule has 4 unspecified atom stereocenters. The number of likely N-dealkylation sites (tertiary alicyclic amines) is 2. The van der Waals surface area contributed by atoms with Gasteiger partial charge in [-0.15, -0.1) is 0 Å². The zero-order chi connectivity index (χ0) is 39.0. The Labute approximate surface area is 317 Å². The number of carbonyl (C=O) groups excluding carboxylic acids is 4. The van der Waals surface area contributed by atoms with Crippen molar-refractivity contribution >= 4 is 46.1 Å². The van der Waals surface area contributed by atoms with Gasteiger partial charge < -0.3 is 44.3 Å². The molecular formula is C39H47N9O7. The minimum Gasteiger partial charge on any atom is -0.453 e. The normalized spacial score (nSPS) is 18.3. The molecule has 2 aliphatic heterocycles. The van der Waals surface area contributed by atoms with E-state index in [4.69, 9.17) is 23.9 Å². The van der Waals surface area contributed by atoms with E-state index in [2.05, 4.69) is 25.6 Å². The molecule has 0 aliphatic carbocycles. The van der Waals surface area contributed by atoms with Crippen molar-refractivity contribution in [3.63, 3.8) is 0 Å². The summed E-state index contributed by atoms with van der Waals surface area (Å²) in [5.74, 6) is 1.23. The average Bonchev–Trinajstić information content (AvgIpc) is 4.02. The lowest BCUT2D eigenvalue weighted by atomic mass is 10.0. The summed E-state index contributed by atoms with van der Waals surface area (Å²) in [7, 11) is 2.56. The molecule has 0 radical (unpaired) electrons. The summed E-state index contributed by atoms with van der Waals surface area (Å²) in [5.41, 5.74) is 5.23. The van der Waals surface area contributed by atoms with Gasteiger partial charge in [0, 0.05) is 24.2 Å². The number of amides is 4. The largest absolute Gasteiger partial charge is 0.453 e. The number of oxazole rings is 1. The van der Waals surface area contributed by atoms with Crippen LogP contribution in [0.4, 0.5) is 9.59 Å². The van der Waals surface area contributed by atoms with Crippen molar-refractivity contribution in [3.05, 3.63) is 54.2 Å². The first-order chi connectivity index (χ1) is 26.4. The van der Waals surface area contributed by atoms with Gasteiger partial charge >= 0.3 is 12.2 Å². The average molecular weight is 754 g/mol. The lowest BCUT2D eigenvalue weighted by Gasteiger charge is -2.30. The van der Waals surface area contributed by atoms with Gasteiger partial charge in [0.1, 0.15) is 29.2 Å². The summed E-state index contributed by atoms with van der Waals surface area (Å²) in [6.07, 6.45) is 3.62. The molecule has 5 heterocycles. The molecule has 16 nitrogen and oxygen atoms in total. The van der Waals surface area contributed by atoms with Gasteiger partial charge in [-0.3, -0.25) is 9.59 Å². The second kappa shape index (κ2) is 15.4. The van der Waals surface area contributed by atoms with E-state index < -0.39 is 24.3 Å². The van der Waals surface area contributed by atoms with Gasteiger partial charge in [-0.1, -0.05) is 27.7 Å². The van der Waals surface area contributed by atoms with Gasteiger partial charge in [0.2, 0.25) is 17.7 Å². The van der Waals surface area contributed by atoms with Crippen LogP contribution in [0.3, 0.4) is 0 Å². The number of fused-ring (bicyclic) bond motifs is 2. The number of nitrogens with one attached hydrogen (secondary N) is 4. The van der Waals surface area contributed by atoms with E-state index in [0.29, 0.717) is 41.7 Å². The van der Waals surface area contributed by atoms with Crippen LogP contribution < -0.4 is 10.6 Å². The first-order valence-corrected chi connectivity index (χ1v) is 18.7. The highest BCUT2D eigenvalue weighted by Crippen LogP contribution is 2.36. The van der Waals surface area contributed by atoms with E-state index >= 15 is 0 Å². The Balaban J connectivity index is 1.08. The number of aromatic nitrogens is 5. The zero-order valence-electron chi connectivity index (χ0n) is 31.8. The summed E-state index contributed by atoms with van der Waals surface area (Å²) in [6.45, 7) is 8.69. The SMILES string of the molecule is COC(=O)NC(C(=O)N1CCCC1c1ncc(-c2ccc3oc(-c4ccc5nc(C6CCCN6C(=O)C(NC(=O)OC)C(C)C)[nH]c5c4)nc3c2)[nH]1)C(C)C. The third-order valence-electron chi connectivity index (χ3n) is 10.5. The maximum Gasteiger partial charge on any atom is 0.407 e. The van der Waals surface area contributed by atoms with Crippen molar-refractivity contribution < 1.29 is 33.1 Å². The first kappa shape index (κ1) is 37.4. The Morgan fingerprint density at radius 2 is 1.36 bits per heavy atom. The van der Waals surface area contributed by atoms with E-state index in [1.807, 2.05) is 64.1 Å². The lowest BCUT2D eigenvalue weighted by molar-refractivity contribution is -0.136. The molecule has 0 spiro atoms. The molecule has 7 rings (SSSR count). The van der Waals surface area contributed by atoms with E-state index in [0.717, 1.165) is 53.5 Å². The Kier molecular flexibility index (Phi) is 10.5. The van der Waals surface area contributed by atoms with Crippen LogP contribution in [0.1, 0.15) is 77.1 Å². The maximum absolute atomic E-state index is 13.6. The predicted octanol–water partition coefficient (Wildman–Crippen LogP) is 5.85. The van der Waals surface area contributed by atoms with Crippen LogP contribution in [0.5, 0.6) is 0 Å². The van der Waals surface area contributed by atoms with Gasteiger partial charge in [0.25, 0.3) is 0 Å². The number of benzene rings is 2. The molecule has 16 heteroatoms. The summed E-state index contributed by atoms with van der Waals surface area (Å²) in [5, 5.41) is 5.37. The number of hydrogen-bond acceptors (Lipinski definition) is 10. The molecule has 2 fully saturated rings. The van der Waals surface area contributed by atoms with Gasteiger partial charge in [-0.05, 0) is 73.9 Å². The monoisotopic (exact) mass is 753 g/mol. The number of hydrogen-bond donors (Lipinski definition) is 4. The number of ether oxygens (including phenoxy) is 2. The minimum absolute atomic E-state index is 0.125. The van der Waals surface area contributed by atoms with Crippen LogP contribution in [0.15, 0.2) is 47.0 Å². The van der Waals surface area contributed by atoms with E-state index in [-0.39, 0.29) is 35.7 Å². The predicted molar refractivity (Wildman–Crippen MR) is 202 cm³/mol. The second-order valence-corrected chi connectivity index (χ2v) is 14.8. The van der Waals surface area contributed by atoms with Crippen molar-refractivity contribution in [2.45, 2.75) is 77.5 Å². The van der Waals surface area contributed by atoms with Crippen LogP contribution in [0.25, 0.3) is 44.8 Å². The molecule has 290 valence electrons. The summed E-state index contributed by atoms with van der Waals surface area (Å²) < 4.78 is 15.7. The molecule has 3 aromatic heterocycles. The quantitative estimate of drug-likeness (QED) is 0.134. The highest BCUT2D eigenvalue weighted by atomic mass is 16.5. The number of aromatic amines is 2. The fourth-order valence-corrected chi connectivity index (χ4v) is 7.58. The topological polar surface area (TPSA) is 201 Å². The summed E-state index contributed by atoms with van der Waals surface area (Å²) in [4.78, 5) is 75.9. The molecule has 0 saturated carbocycles. The highest BCUT2D eigenvalue weighted by Gasteiger charge is 2.39. The van der Waals surface area contributed by atoms with Crippen LogP contribution >= 0.6 is 0 Å². The Bertz CT molecular complexity index is 2220. The number of rotatable bonds is 10. The van der Waals surface area contributed by atoms with Crippen LogP contribution in [-0.4, -0.2) is 98.1 Å². The molecule has 4 atom stereocenters. The molecule has 5 aromatic rings. The Morgan fingerprint density at radius 3 is 1.96 bits per heavy atom. The molecule has 2 saturated heterocycles. The summed E-state index contributed by atoms with van der Waals surface area (Å²) >= 11 is 0. The van der Waals surface area contributed by atoms with Crippen molar-refractivity contribution in [2.75, 3.05) is 27.3 Å². The molecular weight excluding hydrogens is 706 g/mol. The van der Waals surface area contributed by atoms with Crippen molar-refractivity contribution in [2.24, 2.45) is 11.8 Å². The van der Waals surface area contributed by atoms with Crippen LogP contribution in [-0.2, 0) is 19.1 Å². The zero-order valence-corrected chi connectivity index (χ0v) is 31.8. The number of carbonyl (C=O) groups is 4. The highest BCUT2D eigenvalue weighted by molar-refractivity contribution is 5.88. The van der Waals surface area contributed by atoms with Crippen LogP contribution in [0.2, 0.25) is 0 Å². The first-order valence-electron chi connectivity index (χ1n) is 18.7. The fraction of sp³-hybridized carbons (Fsp3) is 0.462. The number of H-pyrrole nitrogens is 2. The standard InChI is InChI=1S/C39H47N9O7/c1-20(2)31(45-38(51)53-5)36(49)47-15-7-9-28(47)33-40-19-27(43-33)22-12-14-30-26(17-22)44-35(55-30)23-11-13-24-25(18-23)42-34(41-24)29-10-8-16-48(29)37(50)32(21(3)4)46-39(52)54-6/h11-14,17-21,28-29,31-32H,7-10,15-16H2,1-6H3,(H,40,43)(H,41,42)(H,45,51)(H,46,52). The molecule has 4 N–H and O–H groups in total. The third-order valence-corrected chi connectivity index (χ3v) is 10.5. The number of imidazole rings is 2. The lowest BCUT2D eigenvalue weighted by Crippen LogP contribution is -2.51. The van der Waals surface area contributed by atoms with Gasteiger partial charge in [0.05, 0.1) is 49.2 Å². The van der Waals surface area contributed by atoms with Gasteiger partial charge in [0.15, 0.2) is 5.58 Å². The minimum atomic E-state index is -0.715. The third kappa shape index (κ3) is 7.44. The Hall–Kier alpha value is -5.93. The van der Waals surface area contributed by atoms with Crippen LogP contribution in [0, 0.1) is 11.8 Å². The molecule has 4 amide bonds. The number of nitrogens with zero attached hydrogens (tertiary/aromatic N) is 5. The summed E-state index contributed by atoms with van der Waals surface area (Å²) in [6, 6.07) is 9.56. The second-order valence-electron chi connectivity index (χ2n) is 14.8. The number of methoxy groups -OCH3 is 2. The van der Waals surface area contributed by atoms with Gasteiger partial charge in [-0.25, -0.2) is 24.5 Å². The fourth-order valence-electron chi connectivity index (χ4n) is 7.58. The van der Waals surface area contributed by atoms with Gasteiger partial charge in [-0.2, -0.15) is 0 Å². The molecule has 2 aromatic carbocycles. The van der Waals surface area contributed by atoms with Crippen molar-refractivity contribution in [1.29, 1.82) is 0 Å². The Morgan fingerprint density at radius 1 is 0.764 bits per heavy atom. The maximum atomic E-state index is 13.6. The molecule has 55 heavy (non-hydrogen) atoms. The van der Waals surface area contributed by atoms with E-state index in [1.54, 1.807) is 16.0 Å². The number of alkyl carbamates (subject to hydrolysis) is 2. The smallest absolute Gasteiger partial charge is 0.407 e. The molecule has 0 bridgehead atoms. The molecule has 2 aliphatic rings. The van der Waals surface area contributed by atoms with E-state index in [1.165, 1.54) is 14.2 Å². The van der Waals surface area contributed by atoms with Crippen molar-refractivity contribution in [1.82, 2.24) is 45.4 Å².